The van der Waals surface area contributed by atoms with Crippen molar-refractivity contribution in [1.29, 1.82) is 0 Å². The van der Waals surface area contributed by atoms with Gasteiger partial charge < -0.3 is 14.6 Å². The Labute approximate surface area is 257 Å². The van der Waals surface area contributed by atoms with Gasteiger partial charge in [0.25, 0.3) is 5.56 Å². The molecule has 4 aromatic carbocycles. The molecule has 0 saturated carbocycles. The van der Waals surface area contributed by atoms with E-state index in [2.05, 4.69) is 26.0 Å². The second-order valence-electron chi connectivity index (χ2n) is 9.44. The van der Waals surface area contributed by atoms with Gasteiger partial charge in [-0.15, -0.1) is 0 Å². The predicted molar refractivity (Wildman–Crippen MR) is 162 cm³/mol. The molecule has 5 rings (SSSR count). The summed E-state index contributed by atoms with van der Waals surface area (Å²) in [6.07, 6.45) is -3.23. The number of aromatic carboxylic acids is 1. The van der Waals surface area contributed by atoms with Crippen molar-refractivity contribution in [3.63, 3.8) is 0 Å². The van der Waals surface area contributed by atoms with Crippen LogP contribution in [-0.4, -0.2) is 33.6 Å². The van der Waals surface area contributed by atoms with Crippen LogP contribution in [0.3, 0.4) is 0 Å². The Bertz CT molecular complexity index is 1960. The topological polar surface area (TPSA) is 103 Å². The monoisotopic (exact) mass is 665 g/mol. The second-order valence-corrected chi connectivity index (χ2v) is 10.3. The lowest BCUT2D eigenvalue weighted by Crippen LogP contribution is -2.20. The van der Waals surface area contributed by atoms with Crippen LogP contribution >= 0.6 is 15.9 Å². The number of rotatable bonds is 9. The SMILES string of the molecule is CCOc1cc(C=Nn2c(-c3cccc(C(F)(F)F)c3)nc3ccccc3c2=O)c(Br)cc1OCc1cccc(C(=O)O)c1. The van der Waals surface area contributed by atoms with Crippen LogP contribution in [0.15, 0.2) is 99.3 Å². The molecule has 0 radical (unpaired) electrons. The molecule has 1 N–H and O–H groups in total. The summed E-state index contributed by atoms with van der Waals surface area (Å²) in [6, 6.07) is 20.7. The summed E-state index contributed by atoms with van der Waals surface area (Å²) < 4.78 is 53.7. The lowest BCUT2D eigenvalue weighted by Gasteiger charge is -2.14. The van der Waals surface area contributed by atoms with Gasteiger partial charge in [-0.05, 0) is 76.9 Å². The molecule has 8 nitrogen and oxygen atoms in total. The van der Waals surface area contributed by atoms with E-state index in [1.807, 2.05) is 0 Å². The number of ether oxygens (including phenoxy) is 2. The molecule has 12 heteroatoms. The van der Waals surface area contributed by atoms with Crippen molar-refractivity contribution in [1.82, 2.24) is 9.66 Å². The van der Waals surface area contributed by atoms with Gasteiger partial charge in [-0.2, -0.15) is 22.9 Å². The standard InChI is InChI=1S/C32H23BrF3N3O5/c1-2-43-27-15-22(25(33)16-28(27)44-18-19-7-5-9-21(13-19)31(41)42)17-37-39-29(20-8-6-10-23(14-20)32(34,35)36)38-26-12-4-3-11-24(26)30(39)40/h3-17H,2,18H2,1H3,(H,41,42). The van der Waals surface area contributed by atoms with Crippen molar-refractivity contribution in [3.8, 4) is 22.9 Å². The smallest absolute Gasteiger partial charge is 0.416 e. The van der Waals surface area contributed by atoms with Crippen molar-refractivity contribution >= 4 is 39.0 Å². The van der Waals surface area contributed by atoms with Crippen LogP contribution in [0.25, 0.3) is 22.3 Å². The lowest BCUT2D eigenvalue weighted by atomic mass is 10.1. The van der Waals surface area contributed by atoms with E-state index < -0.39 is 23.3 Å². The fourth-order valence-electron chi connectivity index (χ4n) is 4.36. The number of fused-ring (bicyclic) bond motifs is 1. The molecule has 1 heterocycles. The molecule has 44 heavy (non-hydrogen) atoms. The third-order valence-corrected chi connectivity index (χ3v) is 7.13. The first-order chi connectivity index (χ1) is 21.0. The number of alkyl halides is 3. The van der Waals surface area contributed by atoms with Crippen molar-refractivity contribution in [2.24, 2.45) is 5.10 Å². The third kappa shape index (κ3) is 6.65. The number of carboxylic acid groups (broad SMARTS) is 1. The van der Waals surface area contributed by atoms with Crippen LogP contribution in [0.2, 0.25) is 0 Å². The predicted octanol–water partition coefficient (Wildman–Crippen LogP) is 7.40. The number of carboxylic acids is 1. The Morgan fingerprint density at radius 3 is 2.50 bits per heavy atom. The number of benzene rings is 4. The number of para-hydroxylation sites is 1. The van der Waals surface area contributed by atoms with Crippen molar-refractivity contribution in [2.75, 3.05) is 6.61 Å². The number of hydrogen-bond donors (Lipinski definition) is 1. The van der Waals surface area contributed by atoms with Crippen molar-refractivity contribution in [3.05, 3.63) is 122 Å². The quantitative estimate of drug-likeness (QED) is 0.165. The number of aromatic nitrogens is 2. The molecule has 0 amide bonds. The second kappa shape index (κ2) is 12.7. The molecule has 0 atom stereocenters. The Morgan fingerprint density at radius 2 is 1.75 bits per heavy atom. The van der Waals surface area contributed by atoms with Crippen LogP contribution in [0.5, 0.6) is 11.5 Å². The maximum Gasteiger partial charge on any atom is 0.416 e. The fraction of sp³-hybridized carbons (Fsp3) is 0.125. The molecule has 0 fully saturated rings. The van der Waals surface area contributed by atoms with Gasteiger partial charge in [-0.25, -0.2) is 9.78 Å². The minimum atomic E-state index is -4.59. The van der Waals surface area contributed by atoms with E-state index in [4.69, 9.17) is 9.47 Å². The van der Waals surface area contributed by atoms with E-state index in [9.17, 15) is 27.9 Å². The van der Waals surface area contributed by atoms with Crippen LogP contribution in [0.4, 0.5) is 13.2 Å². The highest BCUT2D eigenvalue weighted by molar-refractivity contribution is 9.10. The third-order valence-electron chi connectivity index (χ3n) is 6.45. The molecular formula is C32H23BrF3N3O5. The minimum absolute atomic E-state index is 0.0598. The number of nitrogens with zero attached hydrogens (tertiary/aromatic N) is 3. The fourth-order valence-corrected chi connectivity index (χ4v) is 4.78. The lowest BCUT2D eigenvalue weighted by molar-refractivity contribution is -0.137. The normalized spacial score (nSPS) is 11.7. The molecule has 5 aromatic rings. The van der Waals surface area contributed by atoms with Crippen molar-refractivity contribution in [2.45, 2.75) is 19.7 Å². The first-order valence-electron chi connectivity index (χ1n) is 13.2. The maximum absolute atomic E-state index is 13.5. The molecule has 0 bridgehead atoms. The molecule has 0 saturated heterocycles. The molecule has 0 aliphatic rings. The number of carbonyl (C=O) groups is 1. The molecule has 0 unspecified atom stereocenters. The molecule has 0 aliphatic carbocycles. The Kier molecular flexibility index (Phi) is 8.81. The van der Waals surface area contributed by atoms with Gasteiger partial charge in [0.1, 0.15) is 6.61 Å². The average Bonchev–Trinajstić information content (AvgIpc) is 3.01. The number of hydrogen-bond acceptors (Lipinski definition) is 6. The van der Waals surface area contributed by atoms with Gasteiger partial charge in [0.05, 0.1) is 34.9 Å². The Morgan fingerprint density at radius 1 is 1.00 bits per heavy atom. The van der Waals surface area contributed by atoms with Gasteiger partial charge in [0.15, 0.2) is 17.3 Å². The summed E-state index contributed by atoms with van der Waals surface area (Å²) in [7, 11) is 0. The highest BCUT2D eigenvalue weighted by Gasteiger charge is 2.31. The largest absolute Gasteiger partial charge is 0.490 e. The van der Waals surface area contributed by atoms with E-state index in [0.29, 0.717) is 39.2 Å². The average molecular weight is 666 g/mol. The zero-order valence-corrected chi connectivity index (χ0v) is 24.6. The molecule has 0 spiro atoms. The molecule has 0 aliphatic heterocycles. The molecule has 224 valence electrons. The first-order valence-corrected chi connectivity index (χ1v) is 14.0. The highest BCUT2D eigenvalue weighted by atomic mass is 79.9. The summed E-state index contributed by atoms with van der Waals surface area (Å²) in [5, 5.41) is 13.9. The maximum atomic E-state index is 13.5. The summed E-state index contributed by atoms with van der Waals surface area (Å²) in [5.41, 5.74) is 0.164. The van der Waals surface area contributed by atoms with E-state index in [-0.39, 0.29) is 28.9 Å². The van der Waals surface area contributed by atoms with Gasteiger partial charge in [-0.1, -0.05) is 36.4 Å². The van der Waals surface area contributed by atoms with E-state index in [1.165, 1.54) is 30.5 Å². The zero-order valence-electron chi connectivity index (χ0n) is 23.0. The van der Waals surface area contributed by atoms with E-state index >= 15 is 0 Å². The van der Waals surface area contributed by atoms with Gasteiger partial charge in [0, 0.05) is 15.6 Å². The minimum Gasteiger partial charge on any atom is -0.490 e. The molecule has 1 aromatic heterocycles. The summed E-state index contributed by atoms with van der Waals surface area (Å²) in [5.74, 6) is -0.398. The number of halogens is 4. The van der Waals surface area contributed by atoms with E-state index in [1.54, 1.807) is 55.5 Å². The van der Waals surface area contributed by atoms with Gasteiger partial charge >= 0.3 is 12.1 Å². The Hall–Kier alpha value is -4.97. The van der Waals surface area contributed by atoms with Crippen LogP contribution in [0.1, 0.15) is 34.0 Å². The Balaban J connectivity index is 1.54. The van der Waals surface area contributed by atoms with Crippen LogP contribution in [0, 0.1) is 0 Å². The highest BCUT2D eigenvalue weighted by Crippen LogP contribution is 2.35. The summed E-state index contributed by atoms with van der Waals surface area (Å²) in [4.78, 5) is 29.3. The molecular weight excluding hydrogens is 643 g/mol. The summed E-state index contributed by atoms with van der Waals surface area (Å²) >= 11 is 3.48. The van der Waals surface area contributed by atoms with Crippen LogP contribution in [-0.2, 0) is 12.8 Å². The van der Waals surface area contributed by atoms with Crippen LogP contribution < -0.4 is 15.0 Å². The van der Waals surface area contributed by atoms with Gasteiger partial charge in [-0.3, -0.25) is 4.79 Å². The first kappa shape index (κ1) is 30.5. The van der Waals surface area contributed by atoms with Crippen molar-refractivity contribution < 1.29 is 32.5 Å². The van der Waals surface area contributed by atoms with Gasteiger partial charge in [0.2, 0.25) is 0 Å². The summed E-state index contributed by atoms with van der Waals surface area (Å²) in [6.45, 7) is 2.16. The zero-order chi connectivity index (χ0) is 31.4. The van der Waals surface area contributed by atoms with E-state index in [0.717, 1.165) is 16.8 Å².